The molecule has 0 aliphatic carbocycles. The maximum Gasteiger partial charge on any atom is 0.249 e. The first-order valence-corrected chi connectivity index (χ1v) is 10.9. The second-order valence-electron chi connectivity index (χ2n) is 7.57. The summed E-state index contributed by atoms with van der Waals surface area (Å²) in [5.41, 5.74) is 6.36. The summed E-state index contributed by atoms with van der Waals surface area (Å²) in [4.78, 5) is 24.2. The third kappa shape index (κ3) is 5.44. The minimum atomic E-state index is -0.554. The maximum absolute atomic E-state index is 12.1. The van der Waals surface area contributed by atoms with Crippen LogP contribution >= 0.6 is 0 Å². The average molecular weight is 469 g/mol. The minimum absolute atomic E-state index is 0.415. The molecule has 0 atom stereocenters. The van der Waals surface area contributed by atoms with Crippen molar-refractivity contribution >= 4 is 45.8 Å². The standard InChI is InChI=1S/C27H24N4O4/c1-34-24-13-11-18(20-7-3-5-9-22(20)24)16-28-30-26(32)15-27(33)31-29-17-19-12-14-25(35-2)23-10-6-4-8-21(19)23/h3-14,16-17H,15H2,1-2H3,(H,30,32)(H,31,33)/b28-16-,29-17-. The third-order valence-corrected chi connectivity index (χ3v) is 5.38. The number of hydrogen-bond donors (Lipinski definition) is 2. The maximum atomic E-state index is 12.1. The molecule has 0 heterocycles. The predicted molar refractivity (Wildman–Crippen MR) is 137 cm³/mol. The van der Waals surface area contributed by atoms with Crippen LogP contribution < -0.4 is 20.3 Å². The lowest BCUT2D eigenvalue weighted by Crippen LogP contribution is -2.27. The molecule has 4 aromatic rings. The highest BCUT2D eigenvalue weighted by atomic mass is 16.5. The zero-order valence-electron chi connectivity index (χ0n) is 19.3. The van der Waals surface area contributed by atoms with Gasteiger partial charge in [0, 0.05) is 21.9 Å². The van der Waals surface area contributed by atoms with Crippen LogP contribution in [-0.2, 0) is 9.59 Å². The Labute approximate surface area is 202 Å². The van der Waals surface area contributed by atoms with Gasteiger partial charge in [-0.25, -0.2) is 10.9 Å². The molecule has 8 heteroatoms. The van der Waals surface area contributed by atoms with Gasteiger partial charge in [0.15, 0.2) is 0 Å². The van der Waals surface area contributed by atoms with E-state index >= 15 is 0 Å². The number of fused-ring (bicyclic) bond motifs is 2. The van der Waals surface area contributed by atoms with Crippen LogP contribution in [0.5, 0.6) is 11.5 Å². The zero-order valence-corrected chi connectivity index (χ0v) is 19.3. The number of methoxy groups -OCH3 is 2. The molecule has 0 unspecified atom stereocenters. The monoisotopic (exact) mass is 468 g/mol. The Morgan fingerprint density at radius 3 is 1.46 bits per heavy atom. The summed E-state index contributed by atoms with van der Waals surface area (Å²) in [6.45, 7) is 0. The Bertz CT molecular complexity index is 1340. The van der Waals surface area contributed by atoms with Gasteiger partial charge in [-0.2, -0.15) is 10.2 Å². The van der Waals surface area contributed by atoms with E-state index in [0.29, 0.717) is 0 Å². The topological polar surface area (TPSA) is 101 Å². The first kappa shape index (κ1) is 23.4. The van der Waals surface area contributed by atoms with E-state index in [0.717, 1.165) is 44.2 Å². The number of rotatable bonds is 8. The SMILES string of the molecule is COc1ccc(/C=N\NC(=O)CC(=O)N/N=C\c2ccc(OC)c3ccccc23)c2ccccc12. The Morgan fingerprint density at radius 1 is 0.657 bits per heavy atom. The highest BCUT2D eigenvalue weighted by Gasteiger charge is 2.09. The van der Waals surface area contributed by atoms with Crippen molar-refractivity contribution in [1.82, 2.24) is 10.9 Å². The summed E-state index contributed by atoms with van der Waals surface area (Å²) in [6, 6.07) is 22.8. The summed E-state index contributed by atoms with van der Waals surface area (Å²) in [6.07, 6.45) is 2.65. The molecule has 0 aromatic heterocycles. The fraction of sp³-hybridized carbons (Fsp3) is 0.111. The number of hydrogen-bond acceptors (Lipinski definition) is 6. The van der Waals surface area contributed by atoms with Crippen LogP contribution in [0.3, 0.4) is 0 Å². The van der Waals surface area contributed by atoms with E-state index in [-0.39, 0.29) is 0 Å². The van der Waals surface area contributed by atoms with E-state index < -0.39 is 18.2 Å². The molecule has 0 aliphatic heterocycles. The lowest BCUT2D eigenvalue weighted by molar-refractivity contribution is -0.129. The Hall–Kier alpha value is -4.72. The summed E-state index contributed by atoms with van der Waals surface area (Å²) < 4.78 is 10.8. The number of nitrogens with one attached hydrogen (secondary N) is 2. The molecular weight excluding hydrogens is 444 g/mol. The van der Waals surface area contributed by atoms with E-state index in [4.69, 9.17) is 9.47 Å². The van der Waals surface area contributed by atoms with Gasteiger partial charge >= 0.3 is 0 Å². The lowest BCUT2D eigenvalue weighted by Gasteiger charge is -2.07. The second-order valence-corrected chi connectivity index (χ2v) is 7.57. The van der Waals surface area contributed by atoms with Crippen LogP contribution in [0.4, 0.5) is 0 Å². The number of amides is 2. The van der Waals surface area contributed by atoms with Crippen molar-refractivity contribution in [2.75, 3.05) is 14.2 Å². The van der Waals surface area contributed by atoms with Gasteiger partial charge in [0.1, 0.15) is 17.9 Å². The van der Waals surface area contributed by atoms with Crippen molar-refractivity contribution in [1.29, 1.82) is 0 Å². The van der Waals surface area contributed by atoms with Gasteiger partial charge < -0.3 is 9.47 Å². The molecular formula is C27H24N4O4. The normalized spacial score (nSPS) is 11.3. The van der Waals surface area contributed by atoms with Gasteiger partial charge in [0.25, 0.3) is 0 Å². The smallest absolute Gasteiger partial charge is 0.249 e. The van der Waals surface area contributed by atoms with Gasteiger partial charge in [0.2, 0.25) is 11.8 Å². The number of benzene rings is 4. The number of hydrazone groups is 2. The Kier molecular flexibility index (Phi) is 7.32. The van der Waals surface area contributed by atoms with E-state index in [1.54, 1.807) is 14.2 Å². The molecule has 4 rings (SSSR count). The van der Waals surface area contributed by atoms with Crippen LogP contribution in [0.1, 0.15) is 17.5 Å². The summed E-state index contributed by atoms with van der Waals surface area (Å²) >= 11 is 0. The highest BCUT2D eigenvalue weighted by molar-refractivity contribution is 6.04. The Balaban J connectivity index is 1.34. The molecule has 0 fully saturated rings. The van der Waals surface area contributed by atoms with Crippen molar-refractivity contribution in [2.24, 2.45) is 10.2 Å². The molecule has 2 amide bonds. The molecule has 0 radical (unpaired) electrons. The van der Waals surface area contributed by atoms with E-state index in [2.05, 4.69) is 21.1 Å². The van der Waals surface area contributed by atoms with Crippen LogP contribution in [0.15, 0.2) is 83.0 Å². The molecule has 0 saturated heterocycles. The molecule has 176 valence electrons. The van der Waals surface area contributed by atoms with Crippen molar-refractivity contribution in [3.63, 3.8) is 0 Å². The first-order chi connectivity index (χ1) is 17.1. The summed E-state index contributed by atoms with van der Waals surface area (Å²) in [7, 11) is 3.23. The second kappa shape index (κ2) is 10.9. The van der Waals surface area contributed by atoms with Gasteiger partial charge in [-0.05, 0) is 35.0 Å². The third-order valence-electron chi connectivity index (χ3n) is 5.38. The van der Waals surface area contributed by atoms with Crippen LogP contribution in [-0.4, -0.2) is 38.5 Å². The van der Waals surface area contributed by atoms with Crippen molar-refractivity contribution in [2.45, 2.75) is 6.42 Å². The van der Waals surface area contributed by atoms with E-state index in [9.17, 15) is 9.59 Å². The largest absolute Gasteiger partial charge is 0.496 e. The highest BCUT2D eigenvalue weighted by Crippen LogP contribution is 2.28. The number of ether oxygens (including phenoxy) is 2. The molecule has 0 aliphatic rings. The van der Waals surface area contributed by atoms with E-state index in [1.807, 2.05) is 72.8 Å². The zero-order chi connectivity index (χ0) is 24.6. The van der Waals surface area contributed by atoms with E-state index in [1.165, 1.54) is 12.4 Å². The van der Waals surface area contributed by atoms with Gasteiger partial charge in [-0.3, -0.25) is 9.59 Å². The number of nitrogens with zero attached hydrogens (tertiary/aromatic N) is 2. The van der Waals surface area contributed by atoms with Crippen molar-refractivity contribution in [3.05, 3.63) is 83.9 Å². The summed E-state index contributed by atoms with van der Waals surface area (Å²) in [5, 5.41) is 11.7. The first-order valence-electron chi connectivity index (χ1n) is 10.9. The molecule has 8 nitrogen and oxygen atoms in total. The fourth-order valence-electron chi connectivity index (χ4n) is 3.74. The Morgan fingerprint density at radius 2 is 1.06 bits per heavy atom. The van der Waals surface area contributed by atoms with Crippen LogP contribution in [0.25, 0.3) is 21.5 Å². The van der Waals surface area contributed by atoms with Gasteiger partial charge in [0.05, 0.1) is 26.6 Å². The fourth-order valence-corrected chi connectivity index (χ4v) is 3.74. The number of carbonyl (C=O) groups is 2. The van der Waals surface area contributed by atoms with Gasteiger partial charge in [-0.1, -0.05) is 48.5 Å². The molecule has 35 heavy (non-hydrogen) atoms. The molecule has 0 spiro atoms. The van der Waals surface area contributed by atoms with Crippen LogP contribution in [0.2, 0.25) is 0 Å². The minimum Gasteiger partial charge on any atom is -0.496 e. The molecule has 2 N–H and O–H groups in total. The number of carbonyl (C=O) groups excluding carboxylic acids is 2. The predicted octanol–water partition coefficient (Wildman–Crippen LogP) is 4.00. The van der Waals surface area contributed by atoms with Crippen molar-refractivity contribution < 1.29 is 19.1 Å². The van der Waals surface area contributed by atoms with Gasteiger partial charge in [-0.15, -0.1) is 0 Å². The molecule has 0 bridgehead atoms. The summed E-state index contributed by atoms with van der Waals surface area (Å²) in [5.74, 6) is 0.395. The lowest BCUT2D eigenvalue weighted by atomic mass is 10.0. The van der Waals surface area contributed by atoms with Crippen LogP contribution in [0, 0.1) is 0 Å². The quantitative estimate of drug-likeness (QED) is 0.232. The van der Waals surface area contributed by atoms with Crippen molar-refractivity contribution in [3.8, 4) is 11.5 Å². The molecule has 0 saturated carbocycles. The molecule has 4 aromatic carbocycles. The average Bonchev–Trinajstić information content (AvgIpc) is 2.88.